The van der Waals surface area contributed by atoms with Crippen LogP contribution >= 0.6 is 11.8 Å². The summed E-state index contributed by atoms with van der Waals surface area (Å²) in [6.07, 6.45) is 10.4. The van der Waals surface area contributed by atoms with Gasteiger partial charge in [0.15, 0.2) is 0 Å². The highest BCUT2D eigenvalue weighted by Gasteiger charge is 2.01. The summed E-state index contributed by atoms with van der Waals surface area (Å²) in [4.78, 5) is 0. The molecule has 2 nitrogen and oxygen atoms in total. The second kappa shape index (κ2) is 7.80. The molecule has 1 rings (SSSR count). The molecule has 0 aliphatic heterocycles. The van der Waals surface area contributed by atoms with Gasteiger partial charge in [-0.25, -0.2) is 9.13 Å². The Balaban J connectivity index is 2.14. The molecular formula is C12H23N2S+. The monoisotopic (exact) mass is 227 g/mol. The van der Waals surface area contributed by atoms with Crippen molar-refractivity contribution < 1.29 is 4.57 Å². The van der Waals surface area contributed by atoms with Gasteiger partial charge in [-0.1, -0.05) is 13.8 Å². The number of aromatic nitrogens is 2. The Kier molecular flexibility index (Phi) is 6.57. The molecule has 0 unspecified atom stereocenters. The van der Waals surface area contributed by atoms with Gasteiger partial charge in [-0.3, -0.25) is 0 Å². The van der Waals surface area contributed by atoms with Crippen molar-refractivity contribution in [3.63, 3.8) is 0 Å². The lowest BCUT2D eigenvalue weighted by Gasteiger charge is -1.97. The summed E-state index contributed by atoms with van der Waals surface area (Å²) < 4.78 is 4.56. The summed E-state index contributed by atoms with van der Waals surface area (Å²) in [6, 6.07) is 0. The van der Waals surface area contributed by atoms with E-state index in [1.54, 1.807) is 0 Å². The molecule has 0 saturated heterocycles. The van der Waals surface area contributed by atoms with Crippen LogP contribution in [0.4, 0.5) is 0 Å². The van der Waals surface area contributed by atoms with E-state index in [0.29, 0.717) is 0 Å². The van der Waals surface area contributed by atoms with Crippen LogP contribution in [0.15, 0.2) is 18.7 Å². The van der Waals surface area contributed by atoms with Crippen molar-refractivity contribution in [2.45, 2.75) is 46.2 Å². The van der Waals surface area contributed by atoms with Crippen LogP contribution in [0.2, 0.25) is 0 Å². The highest BCUT2D eigenvalue weighted by atomic mass is 32.2. The lowest BCUT2D eigenvalue weighted by Crippen LogP contribution is -2.30. The molecule has 86 valence electrons. The number of thioether (sulfide) groups is 1. The van der Waals surface area contributed by atoms with Gasteiger partial charge in [0.05, 0.1) is 13.1 Å². The number of hydrogen-bond acceptors (Lipinski definition) is 1. The number of nitrogens with zero attached hydrogens (tertiary/aromatic N) is 2. The summed E-state index contributed by atoms with van der Waals surface area (Å²) in [5.74, 6) is 2.60. The molecule has 0 aliphatic carbocycles. The second-order valence-corrected chi connectivity index (χ2v) is 5.08. The molecule has 0 N–H and O–H groups in total. The average Bonchev–Trinajstić information content (AvgIpc) is 2.66. The Bertz CT molecular complexity index is 258. The second-order valence-electron chi connectivity index (χ2n) is 3.86. The first-order chi connectivity index (χ1) is 7.36. The van der Waals surface area contributed by atoms with E-state index in [-0.39, 0.29) is 0 Å². The quantitative estimate of drug-likeness (QED) is 0.490. The molecule has 0 saturated carbocycles. The first-order valence-corrected chi connectivity index (χ1v) is 7.14. The molecular weight excluding hydrogens is 204 g/mol. The van der Waals surface area contributed by atoms with Gasteiger partial charge in [-0.05, 0) is 30.8 Å². The predicted molar refractivity (Wildman–Crippen MR) is 67.2 cm³/mol. The van der Waals surface area contributed by atoms with Crippen LogP contribution in [0.5, 0.6) is 0 Å². The zero-order valence-corrected chi connectivity index (χ0v) is 10.8. The van der Waals surface area contributed by atoms with Crippen LogP contribution in [-0.2, 0) is 13.1 Å². The van der Waals surface area contributed by atoms with Crippen LogP contribution in [0, 0.1) is 0 Å². The fourth-order valence-electron chi connectivity index (χ4n) is 1.56. The highest BCUT2D eigenvalue weighted by Crippen LogP contribution is 2.04. The standard InChI is InChI=1S/C12H23N2S/c1-3-6-13-8-9-14(12-13)7-5-11-15-10-4-2/h8-9,12H,3-7,10-11H2,1-2H3/q+1. The predicted octanol–water partition coefficient (Wildman–Crippen LogP) is 2.72. The molecule has 0 bridgehead atoms. The van der Waals surface area contributed by atoms with E-state index in [1.807, 2.05) is 0 Å². The van der Waals surface area contributed by atoms with E-state index in [4.69, 9.17) is 0 Å². The van der Waals surface area contributed by atoms with Crippen molar-refractivity contribution in [2.24, 2.45) is 0 Å². The van der Waals surface area contributed by atoms with E-state index in [1.165, 1.54) is 30.8 Å². The van der Waals surface area contributed by atoms with Gasteiger partial charge < -0.3 is 0 Å². The average molecular weight is 227 g/mol. The molecule has 0 aliphatic rings. The van der Waals surface area contributed by atoms with Crippen molar-refractivity contribution in [3.8, 4) is 0 Å². The third-order valence-electron chi connectivity index (χ3n) is 2.28. The molecule has 0 spiro atoms. The molecule has 3 heteroatoms. The van der Waals surface area contributed by atoms with Crippen molar-refractivity contribution >= 4 is 11.8 Å². The first kappa shape index (κ1) is 12.6. The van der Waals surface area contributed by atoms with Gasteiger partial charge in [-0.15, -0.1) is 0 Å². The van der Waals surface area contributed by atoms with E-state index < -0.39 is 0 Å². The molecule has 0 radical (unpaired) electrons. The van der Waals surface area contributed by atoms with Crippen LogP contribution in [0.25, 0.3) is 0 Å². The SMILES string of the molecule is CCCSCCCn1cc[n+](CCC)c1. The first-order valence-electron chi connectivity index (χ1n) is 5.99. The summed E-state index contributed by atoms with van der Waals surface area (Å²) in [6.45, 7) is 6.75. The van der Waals surface area contributed by atoms with E-state index in [2.05, 4.69) is 53.5 Å². The van der Waals surface area contributed by atoms with Gasteiger partial charge in [0, 0.05) is 0 Å². The summed E-state index contributed by atoms with van der Waals surface area (Å²) >= 11 is 2.07. The van der Waals surface area contributed by atoms with Crippen LogP contribution in [0.1, 0.15) is 33.1 Å². The smallest absolute Gasteiger partial charge is 0.237 e. The van der Waals surface area contributed by atoms with Gasteiger partial charge in [-0.2, -0.15) is 11.8 Å². The Morgan fingerprint density at radius 3 is 2.80 bits per heavy atom. The maximum atomic E-state index is 2.29. The van der Waals surface area contributed by atoms with Crippen LogP contribution < -0.4 is 4.57 Å². The summed E-state index contributed by atoms with van der Waals surface area (Å²) in [7, 11) is 0. The fourth-order valence-corrected chi connectivity index (χ4v) is 2.38. The van der Waals surface area contributed by atoms with Crippen LogP contribution in [0.3, 0.4) is 0 Å². The largest absolute Gasteiger partial charge is 0.243 e. The number of aryl methyl sites for hydroxylation is 2. The van der Waals surface area contributed by atoms with Gasteiger partial charge in [0.2, 0.25) is 6.33 Å². The zero-order chi connectivity index (χ0) is 10.9. The van der Waals surface area contributed by atoms with Crippen molar-refractivity contribution in [1.29, 1.82) is 0 Å². The molecule has 0 amide bonds. The van der Waals surface area contributed by atoms with Gasteiger partial charge in [0.25, 0.3) is 0 Å². The Labute approximate surface area is 97.7 Å². The maximum Gasteiger partial charge on any atom is 0.243 e. The van der Waals surface area contributed by atoms with E-state index in [0.717, 1.165) is 13.1 Å². The van der Waals surface area contributed by atoms with Crippen molar-refractivity contribution in [1.82, 2.24) is 4.57 Å². The Morgan fingerprint density at radius 2 is 2.07 bits per heavy atom. The molecule has 1 aromatic rings. The minimum atomic E-state index is 1.14. The summed E-state index contributed by atoms with van der Waals surface area (Å²) in [5, 5.41) is 0. The third kappa shape index (κ3) is 5.26. The molecule has 1 heterocycles. The summed E-state index contributed by atoms with van der Waals surface area (Å²) in [5.41, 5.74) is 0. The molecule has 0 atom stereocenters. The van der Waals surface area contributed by atoms with Gasteiger partial charge in [0.1, 0.15) is 12.4 Å². The number of hydrogen-bond donors (Lipinski definition) is 0. The highest BCUT2D eigenvalue weighted by molar-refractivity contribution is 7.99. The molecule has 0 aromatic carbocycles. The lowest BCUT2D eigenvalue weighted by atomic mass is 10.5. The Hall–Kier alpha value is -0.440. The van der Waals surface area contributed by atoms with Crippen molar-refractivity contribution in [3.05, 3.63) is 18.7 Å². The van der Waals surface area contributed by atoms with Gasteiger partial charge >= 0.3 is 0 Å². The molecule has 15 heavy (non-hydrogen) atoms. The van der Waals surface area contributed by atoms with Crippen molar-refractivity contribution in [2.75, 3.05) is 11.5 Å². The topological polar surface area (TPSA) is 8.81 Å². The van der Waals surface area contributed by atoms with E-state index >= 15 is 0 Å². The lowest BCUT2D eigenvalue weighted by molar-refractivity contribution is -0.696. The van der Waals surface area contributed by atoms with Crippen LogP contribution in [-0.4, -0.2) is 16.1 Å². The number of rotatable bonds is 8. The minimum Gasteiger partial charge on any atom is -0.237 e. The minimum absolute atomic E-state index is 1.14. The Morgan fingerprint density at radius 1 is 1.20 bits per heavy atom. The molecule has 0 fully saturated rings. The normalized spacial score (nSPS) is 10.8. The maximum absolute atomic E-state index is 2.29. The van der Waals surface area contributed by atoms with E-state index in [9.17, 15) is 0 Å². The third-order valence-corrected chi connectivity index (χ3v) is 3.56. The fraction of sp³-hybridized carbons (Fsp3) is 0.750. The number of imidazole rings is 1. The molecule has 1 aromatic heterocycles. The zero-order valence-electron chi connectivity index (χ0n) is 9.98.